The summed E-state index contributed by atoms with van der Waals surface area (Å²) in [7, 11) is 0. The van der Waals surface area contributed by atoms with Crippen molar-refractivity contribution in [3.05, 3.63) is 22.8 Å². The predicted molar refractivity (Wildman–Crippen MR) is 74.3 cm³/mol. The zero-order valence-electron chi connectivity index (χ0n) is 12.1. The average molecular weight is 244 g/mol. The summed E-state index contributed by atoms with van der Waals surface area (Å²) < 4.78 is 0. The topological polar surface area (TPSA) is 17.1 Å². The van der Waals surface area contributed by atoms with Gasteiger partial charge in [-0.3, -0.25) is 4.79 Å². The van der Waals surface area contributed by atoms with Gasteiger partial charge in [0.05, 0.1) is 0 Å². The zero-order valence-corrected chi connectivity index (χ0v) is 12.1. The normalized spacial score (nSPS) is 33.0. The molecule has 1 heteroatoms. The Morgan fingerprint density at radius 3 is 2.67 bits per heavy atom. The van der Waals surface area contributed by atoms with Crippen LogP contribution in [0.3, 0.4) is 0 Å². The van der Waals surface area contributed by atoms with Crippen LogP contribution in [0.5, 0.6) is 0 Å². The minimum Gasteiger partial charge on any atom is -0.299 e. The Hall–Kier alpha value is -0.850. The van der Waals surface area contributed by atoms with Gasteiger partial charge in [0.1, 0.15) is 5.78 Å². The smallest absolute Gasteiger partial charge is 0.144 e. The van der Waals surface area contributed by atoms with Crippen LogP contribution in [0.2, 0.25) is 0 Å². The molecule has 0 spiro atoms. The van der Waals surface area contributed by atoms with Crippen molar-refractivity contribution < 1.29 is 4.79 Å². The fourth-order valence-corrected chi connectivity index (χ4v) is 4.85. The highest BCUT2D eigenvalue weighted by Crippen LogP contribution is 2.55. The van der Waals surface area contributed by atoms with Crippen LogP contribution >= 0.6 is 0 Å². The minimum atomic E-state index is 0.231. The fourth-order valence-electron chi connectivity index (χ4n) is 4.85. The Morgan fingerprint density at radius 1 is 1.22 bits per heavy atom. The molecule has 1 saturated carbocycles. The maximum atomic E-state index is 12.3. The van der Waals surface area contributed by atoms with E-state index in [2.05, 4.69) is 33.8 Å². The number of hydrogen-bond acceptors (Lipinski definition) is 1. The third kappa shape index (κ3) is 1.71. The Balaban J connectivity index is 2.20. The van der Waals surface area contributed by atoms with Gasteiger partial charge in [0.25, 0.3) is 0 Å². The number of Topliss-reactive ketones (excluding diaryl/α,β-unsaturated/α-hetero) is 1. The summed E-state index contributed by atoms with van der Waals surface area (Å²) in [4.78, 5) is 12.3. The van der Waals surface area contributed by atoms with Gasteiger partial charge in [-0.1, -0.05) is 39.3 Å². The number of carbonyl (C=O) groups excluding carboxylic acids is 1. The maximum Gasteiger partial charge on any atom is 0.144 e. The first-order valence-corrected chi connectivity index (χ1v) is 7.28. The lowest BCUT2D eigenvalue weighted by molar-refractivity contribution is -0.121. The van der Waals surface area contributed by atoms with E-state index in [9.17, 15) is 4.79 Å². The van der Waals surface area contributed by atoms with E-state index in [1.165, 1.54) is 24.0 Å². The largest absolute Gasteiger partial charge is 0.299 e. The lowest BCUT2D eigenvalue weighted by Crippen LogP contribution is -2.35. The quantitative estimate of drug-likeness (QED) is 0.615. The van der Waals surface area contributed by atoms with Gasteiger partial charge in [-0.25, -0.2) is 0 Å². The van der Waals surface area contributed by atoms with Crippen LogP contribution < -0.4 is 0 Å². The third-order valence-corrected chi connectivity index (χ3v) is 4.89. The van der Waals surface area contributed by atoms with E-state index in [1.54, 1.807) is 5.57 Å². The molecular formula is C17H24O. The summed E-state index contributed by atoms with van der Waals surface area (Å²) in [5.41, 5.74) is 4.89. The van der Waals surface area contributed by atoms with Crippen molar-refractivity contribution in [1.82, 2.24) is 0 Å². The molecule has 3 rings (SSSR count). The van der Waals surface area contributed by atoms with E-state index < -0.39 is 0 Å². The van der Waals surface area contributed by atoms with Gasteiger partial charge in [0.2, 0.25) is 0 Å². The SMILES string of the molecule is CC1(C)C=C2CC(=O)C3CCCC3=C2C(C)(C)C1. The molecule has 0 N–H and O–H groups in total. The van der Waals surface area contributed by atoms with Crippen LogP contribution in [-0.2, 0) is 4.79 Å². The van der Waals surface area contributed by atoms with Gasteiger partial charge < -0.3 is 0 Å². The van der Waals surface area contributed by atoms with E-state index in [4.69, 9.17) is 0 Å². The molecule has 0 aliphatic heterocycles. The van der Waals surface area contributed by atoms with Crippen molar-refractivity contribution in [3.8, 4) is 0 Å². The Morgan fingerprint density at radius 2 is 1.94 bits per heavy atom. The number of rotatable bonds is 0. The molecule has 1 fully saturated rings. The number of carbonyl (C=O) groups is 1. The minimum absolute atomic E-state index is 0.231. The van der Waals surface area contributed by atoms with Crippen molar-refractivity contribution in [2.75, 3.05) is 0 Å². The predicted octanol–water partition coefficient (Wildman–Crippen LogP) is 4.44. The van der Waals surface area contributed by atoms with Crippen molar-refractivity contribution in [1.29, 1.82) is 0 Å². The molecule has 1 atom stereocenters. The molecule has 98 valence electrons. The number of ketones is 1. The highest BCUT2D eigenvalue weighted by Gasteiger charge is 2.45. The Bertz CT molecular complexity index is 474. The first kappa shape index (κ1) is 12.2. The van der Waals surface area contributed by atoms with Crippen LogP contribution in [-0.4, -0.2) is 5.78 Å². The first-order valence-electron chi connectivity index (χ1n) is 7.28. The van der Waals surface area contributed by atoms with Crippen LogP contribution in [0.1, 0.15) is 59.8 Å². The van der Waals surface area contributed by atoms with Crippen molar-refractivity contribution in [2.24, 2.45) is 16.7 Å². The fraction of sp³-hybridized carbons (Fsp3) is 0.706. The molecule has 0 amide bonds. The molecule has 0 aromatic rings. The maximum absolute atomic E-state index is 12.3. The summed E-state index contributed by atoms with van der Waals surface area (Å²) in [5.74, 6) is 0.753. The van der Waals surface area contributed by atoms with Crippen LogP contribution in [0, 0.1) is 16.7 Å². The summed E-state index contributed by atoms with van der Waals surface area (Å²) >= 11 is 0. The number of hydrogen-bond donors (Lipinski definition) is 0. The van der Waals surface area contributed by atoms with E-state index in [-0.39, 0.29) is 16.7 Å². The zero-order chi connectivity index (χ0) is 13.1. The van der Waals surface area contributed by atoms with Gasteiger partial charge in [-0.15, -0.1) is 0 Å². The van der Waals surface area contributed by atoms with Gasteiger partial charge in [-0.2, -0.15) is 0 Å². The average Bonchev–Trinajstić information content (AvgIpc) is 2.61. The number of allylic oxidation sites excluding steroid dienone is 4. The van der Waals surface area contributed by atoms with Gasteiger partial charge in [0.15, 0.2) is 0 Å². The molecule has 3 aliphatic rings. The second-order valence-electron chi connectivity index (χ2n) is 7.71. The van der Waals surface area contributed by atoms with E-state index in [0.29, 0.717) is 12.2 Å². The van der Waals surface area contributed by atoms with Crippen LogP contribution in [0.4, 0.5) is 0 Å². The van der Waals surface area contributed by atoms with Crippen LogP contribution in [0.15, 0.2) is 22.8 Å². The van der Waals surface area contributed by atoms with Gasteiger partial charge >= 0.3 is 0 Å². The lowest BCUT2D eigenvalue weighted by atomic mass is 9.59. The highest BCUT2D eigenvalue weighted by atomic mass is 16.1. The molecule has 3 aliphatic carbocycles. The standard InChI is InChI=1S/C17H24O/c1-16(2)9-11-8-14(18)12-6-5-7-13(12)15(11)17(3,4)10-16/h9,12H,5-8,10H2,1-4H3. The van der Waals surface area contributed by atoms with Gasteiger partial charge in [0, 0.05) is 12.3 Å². The van der Waals surface area contributed by atoms with Crippen molar-refractivity contribution in [2.45, 2.75) is 59.8 Å². The lowest BCUT2D eigenvalue weighted by Gasteiger charge is -2.45. The first-order chi connectivity index (χ1) is 8.30. The van der Waals surface area contributed by atoms with E-state index in [1.807, 2.05) is 0 Å². The summed E-state index contributed by atoms with van der Waals surface area (Å²) in [6.07, 6.45) is 7.74. The molecule has 1 unspecified atom stereocenters. The second kappa shape index (κ2) is 3.59. The highest BCUT2D eigenvalue weighted by molar-refractivity contribution is 5.90. The van der Waals surface area contributed by atoms with Crippen molar-refractivity contribution in [3.63, 3.8) is 0 Å². The summed E-state index contributed by atoms with van der Waals surface area (Å²) in [5, 5.41) is 0. The molecule has 0 heterocycles. The molecule has 0 saturated heterocycles. The number of fused-ring (bicyclic) bond motifs is 2. The van der Waals surface area contributed by atoms with Gasteiger partial charge in [-0.05, 0) is 47.7 Å². The second-order valence-corrected chi connectivity index (χ2v) is 7.71. The Kier molecular flexibility index (Phi) is 2.43. The monoisotopic (exact) mass is 244 g/mol. The molecule has 0 radical (unpaired) electrons. The summed E-state index contributed by atoms with van der Waals surface area (Å²) in [6, 6.07) is 0. The van der Waals surface area contributed by atoms with E-state index >= 15 is 0 Å². The van der Waals surface area contributed by atoms with E-state index in [0.717, 1.165) is 12.8 Å². The van der Waals surface area contributed by atoms with Crippen molar-refractivity contribution >= 4 is 5.78 Å². The molecule has 0 aromatic carbocycles. The molecule has 0 aromatic heterocycles. The molecular weight excluding hydrogens is 220 g/mol. The molecule has 18 heavy (non-hydrogen) atoms. The molecule has 1 nitrogen and oxygen atoms in total. The summed E-state index contributed by atoms with van der Waals surface area (Å²) in [6.45, 7) is 9.34. The third-order valence-electron chi connectivity index (χ3n) is 4.89. The Labute approximate surface area is 110 Å². The van der Waals surface area contributed by atoms with Crippen LogP contribution in [0.25, 0.3) is 0 Å². The molecule has 0 bridgehead atoms.